The molecule has 0 bridgehead atoms. The molecule has 55 heavy (non-hydrogen) atoms. The van der Waals surface area contributed by atoms with E-state index in [2.05, 4.69) is 86.8 Å². The molecule has 0 aliphatic heterocycles. The largest absolute Gasteiger partial charge is 0.544 e. The van der Waals surface area contributed by atoms with Crippen LogP contribution >= 0.6 is 0 Å². The molecule has 0 spiro atoms. The third-order valence-electron chi connectivity index (χ3n) is 9.09. The zero-order valence-electron chi connectivity index (χ0n) is 35.6. The van der Waals surface area contributed by atoms with Crippen LogP contribution in [-0.4, -0.2) is 75.5 Å². The number of likely N-dealkylation sites (N-methyl/N-ethyl adjacent to an activating group) is 1. The van der Waals surface area contributed by atoms with Gasteiger partial charge >= 0.3 is 11.9 Å². The fourth-order valence-electron chi connectivity index (χ4n) is 5.80. The van der Waals surface area contributed by atoms with Crippen LogP contribution in [0.4, 0.5) is 0 Å². The summed E-state index contributed by atoms with van der Waals surface area (Å²) in [6.45, 7) is 4.36. The number of ether oxygens (including phenoxy) is 3. The number of aliphatic carboxylic acids is 1. The maximum absolute atomic E-state index is 12.7. The molecule has 0 saturated carbocycles. The van der Waals surface area contributed by atoms with Crippen molar-refractivity contribution < 1.29 is 38.2 Å². The molecule has 0 aromatic rings. The summed E-state index contributed by atoms with van der Waals surface area (Å²) in [5.74, 6) is -1.80. The van der Waals surface area contributed by atoms with Crippen LogP contribution < -0.4 is 5.11 Å². The minimum Gasteiger partial charge on any atom is -0.544 e. The van der Waals surface area contributed by atoms with Crippen molar-refractivity contribution in [2.45, 2.75) is 167 Å². The van der Waals surface area contributed by atoms with Gasteiger partial charge < -0.3 is 28.6 Å². The molecule has 0 saturated heterocycles. The van der Waals surface area contributed by atoms with Crippen molar-refractivity contribution >= 4 is 17.9 Å². The number of quaternary nitrogens is 1. The summed E-state index contributed by atoms with van der Waals surface area (Å²) in [6.07, 6.45) is 46.6. The molecule has 0 rings (SSSR count). The topological polar surface area (TPSA) is 102 Å². The first-order valence-corrected chi connectivity index (χ1v) is 21.5. The lowest BCUT2D eigenvalue weighted by atomic mass is 10.1. The minimum absolute atomic E-state index is 0.0244. The molecule has 2 unspecified atom stereocenters. The molecule has 0 radical (unpaired) electrons. The van der Waals surface area contributed by atoms with Gasteiger partial charge in [0.25, 0.3) is 0 Å². The van der Waals surface area contributed by atoms with Crippen LogP contribution in [0.2, 0.25) is 0 Å². The highest BCUT2D eigenvalue weighted by Gasteiger charge is 2.25. The summed E-state index contributed by atoms with van der Waals surface area (Å²) >= 11 is 0. The van der Waals surface area contributed by atoms with E-state index >= 15 is 0 Å². The van der Waals surface area contributed by atoms with Gasteiger partial charge in [-0.2, -0.15) is 0 Å². The average molecular weight is 770 g/mol. The number of hydrogen-bond donors (Lipinski definition) is 0. The van der Waals surface area contributed by atoms with Gasteiger partial charge in [0.2, 0.25) is 0 Å². The van der Waals surface area contributed by atoms with E-state index < -0.39 is 18.1 Å². The standard InChI is InChI=1S/C47H79NO7/c1-6-8-10-12-14-16-17-18-19-20-21-22-23-24-25-26-27-28-30-32-34-36-38-46(50)55-43(41-53-40-39-44(47(51)52)48(3,4)5)42-54-45(49)37-35-33-31-29-15-13-11-9-7-2/h8-11,14-16,18-19,21-22,29,43-44H,6-7,12-13,17,20,23-28,30-42H2,1-5H3/b10-8+,11-9+,16-14+,19-18+,22-21+,29-15+. The Kier molecular flexibility index (Phi) is 35.5. The van der Waals surface area contributed by atoms with E-state index in [9.17, 15) is 19.5 Å². The lowest BCUT2D eigenvalue weighted by molar-refractivity contribution is -0.889. The number of rotatable bonds is 37. The summed E-state index contributed by atoms with van der Waals surface area (Å²) in [7, 11) is 5.38. The van der Waals surface area contributed by atoms with Crippen LogP contribution in [0.3, 0.4) is 0 Å². The van der Waals surface area contributed by atoms with E-state index in [1.54, 1.807) is 21.1 Å². The van der Waals surface area contributed by atoms with E-state index in [0.29, 0.717) is 12.8 Å². The van der Waals surface area contributed by atoms with Crippen molar-refractivity contribution in [3.8, 4) is 0 Å². The van der Waals surface area contributed by atoms with Crippen molar-refractivity contribution in [1.82, 2.24) is 0 Å². The van der Waals surface area contributed by atoms with Crippen LogP contribution in [0, 0.1) is 0 Å². The average Bonchev–Trinajstić information content (AvgIpc) is 3.14. The van der Waals surface area contributed by atoms with E-state index in [4.69, 9.17) is 14.2 Å². The zero-order chi connectivity index (χ0) is 40.7. The fourth-order valence-corrected chi connectivity index (χ4v) is 5.80. The van der Waals surface area contributed by atoms with Crippen LogP contribution in [0.15, 0.2) is 72.9 Å². The molecule has 2 atom stereocenters. The van der Waals surface area contributed by atoms with Crippen molar-refractivity contribution in [3.63, 3.8) is 0 Å². The van der Waals surface area contributed by atoms with Crippen molar-refractivity contribution in [2.24, 2.45) is 0 Å². The van der Waals surface area contributed by atoms with Crippen molar-refractivity contribution in [1.29, 1.82) is 0 Å². The van der Waals surface area contributed by atoms with Gasteiger partial charge in [-0.05, 0) is 77.0 Å². The lowest BCUT2D eigenvalue weighted by Crippen LogP contribution is -2.55. The monoisotopic (exact) mass is 770 g/mol. The Bertz CT molecular complexity index is 1130. The van der Waals surface area contributed by atoms with Gasteiger partial charge in [0.1, 0.15) is 12.6 Å². The van der Waals surface area contributed by atoms with Gasteiger partial charge in [0.05, 0.1) is 40.3 Å². The number of carbonyl (C=O) groups is 3. The Hall–Kier alpha value is -3.23. The predicted molar refractivity (Wildman–Crippen MR) is 226 cm³/mol. The number of hydrogen-bond acceptors (Lipinski definition) is 7. The van der Waals surface area contributed by atoms with Crippen LogP contribution in [-0.2, 0) is 28.6 Å². The zero-order valence-corrected chi connectivity index (χ0v) is 35.6. The first kappa shape index (κ1) is 51.8. The normalized spacial score (nSPS) is 13.7. The second-order valence-electron chi connectivity index (χ2n) is 15.2. The Morgan fingerprint density at radius 1 is 0.545 bits per heavy atom. The molecule has 0 aromatic heterocycles. The van der Waals surface area contributed by atoms with Gasteiger partial charge in [-0.1, -0.05) is 132 Å². The molecule has 0 N–H and O–H groups in total. The number of carbonyl (C=O) groups excluding carboxylic acids is 3. The van der Waals surface area contributed by atoms with E-state index in [-0.39, 0.29) is 42.7 Å². The highest BCUT2D eigenvalue weighted by Crippen LogP contribution is 2.13. The summed E-state index contributed by atoms with van der Waals surface area (Å²) < 4.78 is 17.1. The van der Waals surface area contributed by atoms with Gasteiger partial charge in [-0.3, -0.25) is 9.59 Å². The lowest BCUT2D eigenvalue weighted by Gasteiger charge is -2.34. The summed E-state index contributed by atoms with van der Waals surface area (Å²) in [5.41, 5.74) is 0. The van der Waals surface area contributed by atoms with Crippen LogP contribution in [0.25, 0.3) is 0 Å². The Morgan fingerprint density at radius 2 is 0.964 bits per heavy atom. The second-order valence-corrected chi connectivity index (χ2v) is 15.2. The molecule has 0 heterocycles. The minimum atomic E-state index is -1.13. The molecule has 8 nitrogen and oxygen atoms in total. The smallest absolute Gasteiger partial charge is 0.306 e. The maximum Gasteiger partial charge on any atom is 0.306 e. The van der Waals surface area contributed by atoms with Crippen molar-refractivity contribution in [2.75, 3.05) is 41.0 Å². The Morgan fingerprint density at radius 3 is 1.45 bits per heavy atom. The highest BCUT2D eigenvalue weighted by atomic mass is 16.6. The Labute approximate surface area is 336 Å². The quantitative estimate of drug-likeness (QED) is 0.0268. The fraction of sp³-hybridized carbons (Fsp3) is 0.681. The van der Waals surface area contributed by atoms with Gasteiger partial charge in [-0.15, -0.1) is 0 Å². The SMILES string of the molecule is CC/C=C/C/C=C/C/C=C/C/C=C/CCCCCCCCCCCC(=O)OC(COCCC(C(=O)[O-])[N+](C)(C)C)COC(=O)CCCC/C=C/C/C=C/CC. The molecule has 314 valence electrons. The predicted octanol–water partition coefficient (Wildman–Crippen LogP) is 10.2. The van der Waals surface area contributed by atoms with E-state index in [1.807, 2.05) is 0 Å². The van der Waals surface area contributed by atoms with E-state index in [0.717, 1.165) is 83.5 Å². The van der Waals surface area contributed by atoms with Crippen LogP contribution in [0.1, 0.15) is 155 Å². The Balaban J connectivity index is 4.29. The number of allylic oxidation sites excluding steroid dienone is 12. The van der Waals surface area contributed by atoms with Crippen molar-refractivity contribution in [3.05, 3.63) is 72.9 Å². The molecular weight excluding hydrogens is 691 g/mol. The molecule has 8 heteroatoms. The van der Waals surface area contributed by atoms with Crippen LogP contribution in [0.5, 0.6) is 0 Å². The first-order chi connectivity index (χ1) is 26.6. The van der Waals surface area contributed by atoms with Gasteiger partial charge in [-0.25, -0.2) is 0 Å². The molecule has 0 amide bonds. The molecular formula is C47H79NO7. The summed E-state index contributed by atoms with van der Waals surface area (Å²) in [6, 6.07) is -0.733. The molecule has 0 aromatic carbocycles. The summed E-state index contributed by atoms with van der Waals surface area (Å²) in [5, 5.41) is 11.6. The number of nitrogens with zero attached hydrogens (tertiary/aromatic N) is 1. The first-order valence-electron chi connectivity index (χ1n) is 21.5. The number of unbranched alkanes of at least 4 members (excludes halogenated alkanes) is 11. The molecule has 0 aliphatic rings. The molecule has 0 fully saturated rings. The number of carboxylic acids is 1. The third-order valence-corrected chi connectivity index (χ3v) is 9.09. The number of esters is 2. The number of carboxylic acid groups (broad SMARTS) is 1. The summed E-state index contributed by atoms with van der Waals surface area (Å²) in [4.78, 5) is 36.7. The highest BCUT2D eigenvalue weighted by molar-refractivity contribution is 5.70. The van der Waals surface area contributed by atoms with Gasteiger partial charge in [0.15, 0.2) is 6.10 Å². The van der Waals surface area contributed by atoms with E-state index in [1.165, 1.54) is 38.5 Å². The van der Waals surface area contributed by atoms with Gasteiger partial charge in [0, 0.05) is 19.3 Å². The molecule has 0 aliphatic carbocycles. The second kappa shape index (κ2) is 37.7. The third kappa shape index (κ3) is 36.2. The maximum atomic E-state index is 12.7.